The number of hydrogen-bond acceptors (Lipinski definition) is 3. The minimum absolute atomic E-state index is 0.0908. The number of aromatic nitrogens is 1. The summed E-state index contributed by atoms with van der Waals surface area (Å²) in [6.45, 7) is 5.56. The van der Waals surface area contributed by atoms with Gasteiger partial charge in [-0.15, -0.1) is 0 Å². The molecule has 1 amide bonds. The molecule has 0 aliphatic heterocycles. The number of aryl methyl sites for hydroxylation is 1. The summed E-state index contributed by atoms with van der Waals surface area (Å²) in [6, 6.07) is 3.61. The van der Waals surface area contributed by atoms with Gasteiger partial charge in [-0.05, 0) is 25.0 Å². The summed E-state index contributed by atoms with van der Waals surface area (Å²) in [4.78, 5) is 28.7. The summed E-state index contributed by atoms with van der Waals surface area (Å²) in [5, 5.41) is 8.98. The minimum Gasteiger partial charge on any atom is -0.481 e. The molecule has 0 aliphatic carbocycles. The number of carbonyl (C=O) groups excluding carboxylic acids is 1. The standard InChI is InChI=1S/C14H20N2O3/c1-4-5-13(17)16(9-11(3)14(18)19)12-7-6-10(2)8-15-12/h6-8,11H,4-5,9H2,1-3H3,(H,18,19). The molecule has 104 valence electrons. The van der Waals surface area contributed by atoms with E-state index in [0.717, 1.165) is 12.0 Å². The highest BCUT2D eigenvalue weighted by molar-refractivity contribution is 5.93. The van der Waals surface area contributed by atoms with E-state index < -0.39 is 11.9 Å². The van der Waals surface area contributed by atoms with Crippen LogP contribution in [0.25, 0.3) is 0 Å². The summed E-state index contributed by atoms with van der Waals surface area (Å²) in [5.41, 5.74) is 0.998. The molecule has 1 atom stereocenters. The van der Waals surface area contributed by atoms with Crippen molar-refractivity contribution in [3.8, 4) is 0 Å². The molecule has 0 spiro atoms. The molecular formula is C14H20N2O3. The largest absolute Gasteiger partial charge is 0.481 e. The Morgan fingerprint density at radius 2 is 2.11 bits per heavy atom. The van der Waals surface area contributed by atoms with Crippen molar-refractivity contribution in [3.63, 3.8) is 0 Å². The van der Waals surface area contributed by atoms with Crippen molar-refractivity contribution in [2.24, 2.45) is 5.92 Å². The molecule has 1 aromatic heterocycles. The second-order valence-corrected chi connectivity index (χ2v) is 4.69. The molecule has 0 aromatic carbocycles. The number of anilines is 1. The lowest BCUT2D eigenvalue weighted by atomic mass is 10.1. The molecule has 0 bridgehead atoms. The lowest BCUT2D eigenvalue weighted by molar-refractivity contribution is -0.140. The van der Waals surface area contributed by atoms with E-state index in [-0.39, 0.29) is 12.5 Å². The molecule has 5 heteroatoms. The lowest BCUT2D eigenvalue weighted by Gasteiger charge is -2.23. The number of amides is 1. The Labute approximate surface area is 113 Å². The molecule has 0 fully saturated rings. The third-order valence-electron chi connectivity index (χ3n) is 2.82. The van der Waals surface area contributed by atoms with Gasteiger partial charge in [0.05, 0.1) is 5.92 Å². The van der Waals surface area contributed by atoms with Crippen molar-refractivity contribution < 1.29 is 14.7 Å². The topological polar surface area (TPSA) is 70.5 Å². The molecule has 0 aliphatic rings. The van der Waals surface area contributed by atoms with Crippen LogP contribution in [0.1, 0.15) is 32.3 Å². The van der Waals surface area contributed by atoms with E-state index in [1.54, 1.807) is 19.2 Å². The first-order valence-electron chi connectivity index (χ1n) is 6.41. The zero-order chi connectivity index (χ0) is 14.4. The van der Waals surface area contributed by atoms with E-state index in [9.17, 15) is 9.59 Å². The average Bonchev–Trinajstić information content (AvgIpc) is 2.37. The summed E-state index contributed by atoms with van der Waals surface area (Å²) in [7, 11) is 0. The van der Waals surface area contributed by atoms with Crippen LogP contribution in [0.15, 0.2) is 18.3 Å². The van der Waals surface area contributed by atoms with Crippen molar-refractivity contribution in [3.05, 3.63) is 23.9 Å². The maximum absolute atomic E-state index is 12.1. The third kappa shape index (κ3) is 4.35. The quantitative estimate of drug-likeness (QED) is 0.855. The smallest absolute Gasteiger partial charge is 0.308 e. The van der Waals surface area contributed by atoms with Gasteiger partial charge in [0.15, 0.2) is 0 Å². The summed E-state index contributed by atoms with van der Waals surface area (Å²) >= 11 is 0. The highest BCUT2D eigenvalue weighted by Gasteiger charge is 2.22. The van der Waals surface area contributed by atoms with Crippen molar-refractivity contribution in [1.29, 1.82) is 0 Å². The Morgan fingerprint density at radius 1 is 1.42 bits per heavy atom. The molecule has 1 aromatic rings. The van der Waals surface area contributed by atoms with Crippen LogP contribution in [0, 0.1) is 12.8 Å². The molecule has 19 heavy (non-hydrogen) atoms. The Kier molecular flexibility index (Phi) is 5.48. The molecular weight excluding hydrogens is 244 g/mol. The zero-order valence-corrected chi connectivity index (χ0v) is 11.6. The maximum Gasteiger partial charge on any atom is 0.308 e. The van der Waals surface area contributed by atoms with Crippen molar-refractivity contribution in [2.75, 3.05) is 11.4 Å². The molecule has 1 heterocycles. The van der Waals surface area contributed by atoms with Crippen LogP contribution in [0.2, 0.25) is 0 Å². The number of carbonyl (C=O) groups is 2. The molecule has 1 rings (SSSR count). The maximum atomic E-state index is 12.1. The van der Waals surface area contributed by atoms with Gasteiger partial charge in [-0.25, -0.2) is 4.98 Å². The van der Waals surface area contributed by atoms with E-state index in [1.165, 1.54) is 4.90 Å². The number of rotatable bonds is 6. The minimum atomic E-state index is -0.915. The van der Waals surface area contributed by atoms with Gasteiger partial charge in [-0.2, -0.15) is 0 Å². The molecule has 1 N–H and O–H groups in total. The van der Waals surface area contributed by atoms with Crippen molar-refractivity contribution in [2.45, 2.75) is 33.6 Å². The van der Waals surface area contributed by atoms with E-state index in [0.29, 0.717) is 12.2 Å². The first kappa shape index (κ1) is 15.1. The summed E-state index contributed by atoms with van der Waals surface area (Å²) < 4.78 is 0. The zero-order valence-electron chi connectivity index (χ0n) is 11.6. The van der Waals surface area contributed by atoms with Crippen molar-refractivity contribution in [1.82, 2.24) is 4.98 Å². The van der Waals surface area contributed by atoms with Gasteiger partial charge >= 0.3 is 5.97 Å². The molecule has 0 saturated carbocycles. The highest BCUT2D eigenvalue weighted by Crippen LogP contribution is 2.15. The number of aliphatic carboxylic acids is 1. The van der Waals surface area contributed by atoms with Gasteiger partial charge in [-0.1, -0.05) is 19.9 Å². The first-order valence-corrected chi connectivity index (χ1v) is 6.41. The number of hydrogen-bond donors (Lipinski definition) is 1. The summed E-state index contributed by atoms with van der Waals surface area (Å²) in [5.74, 6) is -1.12. The van der Waals surface area contributed by atoms with E-state index in [1.807, 2.05) is 19.9 Å². The monoisotopic (exact) mass is 264 g/mol. The van der Waals surface area contributed by atoms with Crippen LogP contribution in [-0.2, 0) is 9.59 Å². The molecule has 0 saturated heterocycles. The number of pyridine rings is 1. The molecule has 1 unspecified atom stereocenters. The van der Waals surface area contributed by atoms with Gasteiger partial charge in [0.1, 0.15) is 5.82 Å². The average molecular weight is 264 g/mol. The first-order chi connectivity index (χ1) is 8.95. The van der Waals surface area contributed by atoms with Crippen LogP contribution < -0.4 is 4.90 Å². The second-order valence-electron chi connectivity index (χ2n) is 4.69. The van der Waals surface area contributed by atoms with E-state index in [4.69, 9.17) is 5.11 Å². The lowest BCUT2D eigenvalue weighted by Crippen LogP contribution is -2.37. The SMILES string of the molecule is CCCC(=O)N(CC(C)C(=O)O)c1ccc(C)cn1. The Morgan fingerprint density at radius 3 is 2.58 bits per heavy atom. The normalized spacial score (nSPS) is 11.9. The fraction of sp³-hybridized carbons (Fsp3) is 0.500. The van der Waals surface area contributed by atoms with Gasteiger partial charge in [0.25, 0.3) is 0 Å². The molecule has 0 radical (unpaired) electrons. The van der Waals surface area contributed by atoms with Crippen LogP contribution in [0.4, 0.5) is 5.82 Å². The third-order valence-corrected chi connectivity index (χ3v) is 2.82. The Balaban J connectivity index is 2.94. The predicted octanol–water partition coefficient (Wildman–Crippen LogP) is 2.24. The van der Waals surface area contributed by atoms with Gasteiger partial charge in [-0.3, -0.25) is 14.5 Å². The van der Waals surface area contributed by atoms with Crippen molar-refractivity contribution >= 4 is 17.7 Å². The van der Waals surface area contributed by atoms with Crippen LogP contribution >= 0.6 is 0 Å². The van der Waals surface area contributed by atoms with Crippen LogP contribution in [-0.4, -0.2) is 28.5 Å². The number of carboxylic acids is 1. The second kappa shape index (κ2) is 6.87. The van der Waals surface area contributed by atoms with E-state index >= 15 is 0 Å². The Hall–Kier alpha value is -1.91. The van der Waals surface area contributed by atoms with Crippen LogP contribution in [0.3, 0.4) is 0 Å². The predicted molar refractivity (Wildman–Crippen MR) is 73.0 cm³/mol. The van der Waals surface area contributed by atoms with E-state index in [2.05, 4.69) is 4.98 Å². The molecule has 5 nitrogen and oxygen atoms in total. The van der Waals surface area contributed by atoms with Gasteiger partial charge in [0, 0.05) is 19.2 Å². The number of nitrogens with zero attached hydrogens (tertiary/aromatic N) is 2. The fourth-order valence-electron chi connectivity index (χ4n) is 1.64. The summed E-state index contributed by atoms with van der Waals surface area (Å²) in [6.07, 6.45) is 2.79. The Bertz CT molecular complexity index is 443. The fourth-order valence-corrected chi connectivity index (χ4v) is 1.64. The van der Waals surface area contributed by atoms with Gasteiger partial charge in [0.2, 0.25) is 5.91 Å². The highest BCUT2D eigenvalue weighted by atomic mass is 16.4. The van der Waals surface area contributed by atoms with Gasteiger partial charge < -0.3 is 5.11 Å². The number of carboxylic acid groups (broad SMARTS) is 1. The van der Waals surface area contributed by atoms with Crippen LogP contribution in [0.5, 0.6) is 0 Å².